The topological polar surface area (TPSA) is 59.6 Å². The zero-order chi connectivity index (χ0) is 13.1. The van der Waals surface area contributed by atoms with Crippen LogP contribution in [-0.4, -0.2) is 32.2 Å². The van der Waals surface area contributed by atoms with Crippen molar-refractivity contribution in [3.8, 4) is 11.5 Å². The third-order valence-corrected chi connectivity index (χ3v) is 3.42. The van der Waals surface area contributed by atoms with Crippen LogP contribution >= 0.6 is 0 Å². The highest BCUT2D eigenvalue weighted by Gasteiger charge is 2.19. The van der Waals surface area contributed by atoms with Gasteiger partial charge in [0, 0.05) is 32.0 Å². The summed E-state index contributed by atoms with van der Waals surface area (Å²) in [6.45, 7) is 2.69. The molecule has 0 aliphatic carbocycles. The van der Waals surface area contributed by atoms with Crippen LogP contribution in [0.4, 0.5) is 0 Å². The van der Waals surface area contributed by atoms with E-state index in [1.54, 1.807) is 0 Å². The average molecular weight is 262 g/mol. The molecule has 5 nitrogen and oxygen atoms in total. The van der Waals surface area contributed by atoms with Crippen LogP contribution in [0.1, 0.15) is 24.4 Å². The Balaban J connectivity index is 1.80. The molecule has 2 aliphatic rings. The highest BCUT2D eigenvalue weighted by atomic mass is 16.5. The molecule has 1 unspecified atom stereocenters. The van der Waals surface area contributed by atoms with Crippen molar-refractivity contribution in [2.24, 2.45) is 0 Å². The first-order valence-electron chi connectivity index (χ1n) is 6.72. The summed E-state index contributed by atoms with van der Waals surface area (Å²) < 4.78 is 11.3. The predicted molar refractivity (Wildman–Crippen MR) is 70.4 cm³/mol. The number of ether oxygens (including phenoxy) is 2. The number of nitrogens with one attached hydrogen (secondary N) is 2. The van der Waals surface area contributed by atoms with E-state index in [1.165, 1.54) is 0 Å². The van der Waals surface area contributed by atoms with E-state index in [1.807, 2.05) is 18.2 Å². The lowest BCUT2D eigenvalue weighted by Crippen LogP contribution is -2.28. The van der Waals surface area contributed by atoms with E-state index in [4.69, 9.17) is 9.47 Å². The summed E-state index contributed by atoms with van der Waals surface area (Å²) in [5.41, 5.74) is 1.12. The van der Waals surface area contributed by atoms with Crippen LogP contribution in [0.5, 0.6) is 11.5 Å². The first-order valence-corrected chi connectivity index (χ1v) is 6.72. The van der Waals surface area contributed by atoms with Gasteiger partial charge in [-0.3, -0.25) is 4.79 Å². The van der Waals surface area contributed by atoms with Crippen molar-refractivity contribution in [2.45, 2.75) is 18.9 Å². The predicted octanol–water partition coefficient (Wildman–Crippen LogP) is 0.998. The van der Waals surface area contributed by atoms with Crippen molar-refractivity contribution in [1.29, 1.82) is 0 Å². The standard InChI is InChI=1S/C14H18N2O3/c17-14-4-5-15-11(9-16-14)10-2-3-12-13(8-10)19-7-1-6-18-12/h2-3,8,11,15H,1,4-7,9H2,(H,16,17). The number of hydrogen-bond donors (Lipinski definition) is 2. The van der Waals surface area contributed by atoms with Crippen molar-refractivity contribution in [2.75, 3.05) is 26.3 Å². The van der Waals surface area contributed by atoms with E-state index in [0.29, 0.717) is 32.7 Å². The van der Waals surface area contributed by atoms with Gasteiger partial charge in [-0.25, -0.2) is 0 Å². The Morgan fingerprint density at radius 1 is 1.16 bits per heavy atom. The molecular weight excluding hydrogens is 244 g/mol. The van der Waals surface area contributed by atoms with Crippen molar-refractivity contribution >= 4 is 5.91 Å². The molecule has 1 aromatic rings. The lowest BCUT2D eigenvalue weighted by molar-refractivity contribution is -0.120. The van der Waals surface area contributed by atoms with Gasteiger partial charge in [0.25, 0.3) is 0 Å². The second-order valence-corrected chi connectivity index (χ2v) is 4.82. The summed E-state index contributed by atoms with van der Waals surface area (Å²) in [6.07, 6.45) is 1.43. The summed E-state index contributed by atoms with van der Waals surface area (Å²) in [4.78, 5) is 11.3. The Labute approximate surface area is 112 Å². The molecule has 0 saturated carbocycles. The third-order valence-electron chi connectivity index (χ3n) is 3.42. The summed E-state index contributed by atoms with van der Waals surface area (Å²) in [5, 5.41) is 6.28. The normalized spacial score (nSPS) is 23.2. The molecule has 0 radical (unpaired) electrons. The van der Waals surface area contributed by atoms with E-state index < -0.39 is 0 Å². The minimum atomic E-state index is 0.101. The molecule has 0 bridgehead atoms. The molecule has 5 heteroatoms. The van der Waals surface area contributed by atoms with Crippen LogP contribution in [0, 0.1) is 0 Å². The van der Waals surface area contributed by atoms with E-state index >= 15 is 0 Å². The van der Waals surface area contributed by atoms with E-state index in [2.05, 4.69) is 10.6 Å². The Morgan fingerprint density at radius 3 is 2.89 bits per heavy atom. The van der Waals surface area contributed by atoms with Gasteiger partial charge < -0.3 is 20.1 Å². The quantitative estimate of drug-likeness (QED) is 0.792. The molecule has 1 saturated heterocycles. The Bertz CT molecular complexity index is 476. The maximum Gasteiger partial charge on any atom is 0.221 e. The van der Waals surface area contributed by atoms with Crippen LogP contribution in [0.15, 0.2) is 18.2 Å². The molecule has 19 heavy (non-hydrogen) atoms. The Morgan fingerprint density at radius 2 is 2.00 bits per heavy atom. The van der Waals surface area contributed by atoms with Crippen LogP contribution in [0.3, 0.4) is 0 Å². The lowest BCUT2D eigenvalue weighted by Gasteiger charge is -2.17. The van der Waals surface area contributed by atoms with Crippen molar-refractivity contribution < 1.29 is 14.3 Å². The molecule has 1 atom stereocenters. The van der Waals surface area contributed by atoms with Gasteiger partial charge in [0.2, 0.25) is 5.91 Å². The fourth-order valence-electron chi connectivity index (χ4n) is 2.37. The molecule has 1 amide bonds. The van der Waals surface area contributed by atoms with Gasteiger partial charge in [-0.2, -0.15) is 0 Å². The molecule has 2 N–H and O–H groups in total. The van der Waals surface area contributed by atoms with Crippen molar-refractivity contribution in [3.05, 3.63) is 23.8 Å². The smallest absolute Gasteiger partial charge is 0.221 e. The summed E-state index contributed by atoms with van der Waals surface area (Å²) in [5.74, 6) is 1.70. The molecule has 1 aromatic carbocycles. The molecule has 2 aliphatic heterocycles. The van der Waals surface area contributed by atoms with E-state index in [9.17, 15) is 4.79 Å². The number of rotatable bonds is 1. The second-order valence-electron chi connectivity index (χ2n) is 4.82. The maximum atomic E-state index is 11.3. The number of amides is 1. The number of hydrogen-bond acceptors (Lipinski definition) is 4. The zero-order valence-electron chi connectivity index (χ0n) is 10.8. The van der Waals surface area contributed by atoms with E-state index in [-0.39, 0.29) is 11.9 Å². The fraction of sp³-hybridized carbons (Fsp3) is 0.500. The Kier molecular flexibility index (Phi) is 3.55. The lowest BCUT2D eigenvalue weighted by atomic mass is 10.1. The van der Waals surface area contributed by atoms with E-state index in [0.717, 1.165) is 23.5 Å². The molecule has 1 fully saturated rings. The number of fused-ring (bicyclic) bond motifs is 1. The minimum Gasteiger partial charge on any atom is -0.490 e. The first-order chi connectivity index (χ1) is 9.33. The van der Waals surface area contributed by atoms with Gasteiger partial charge in [0.1, 0.15) is 0 Å². The molecule has 3 rings (SSSR count). The minimum absolute atomic E-state index is 0.101. The SMILES string of the molecule is O=C1CCNC(c2ccc3c(c2)OCCCO3)CN1. The number of carbonyl (C=O) groups is 1. The largest absolute Gasteiger partial charge is 0.490 e. The van der Waals surface area contributed by atoms with Gasteiger partial charge in [0.15, 0.2) is 11.5 Å². The highest BCUT2D eigenvalue weighted by Crippen LogP contribution is 2.32. The van der Waals surface area contributed by atoms with Gasteiger partial charge in [-0.15, -0.1) is 0 Å². The third kappa shape index (κ3) is 2.81. The second kappa shape index (κ2) is 5.48. The van der Waals surface area contributed by atoms with Crippen LogP contribution in [0.2, 0.25) is 0 Å². The maximum absolute atomic E-state index is 11.3. The summed E-state index contributed by atoms with van der Waals surface area (Å²) in [7, 11) is 0. The summed E-state index contributed by atoms with van der Waals surface area (Å²) in [6, 6.07) is 6.12. The van der Waals surface area contributed by atoms with Crippen LogP contribution in [0.25, 0.3) is 0 Å². The van der Waals surface area contributed by atoms with Gasteiger partial charge in [-0.05, 0) is 17.7 Å². The molecule has 0 spiro atoms. The van der Waals surface area contributed by atoms with Crippen molar-refractivity contribution in [3.63, 3.8) is 0 Å². The molecule has 102 valence electrons. The fourth-order valence-corrected chi connectivity index (χ4v) is 2.37. The monoisotopic (exact) mass is 262 g/mol. The van der Waals surface area contributed by atoms with Gasteiger partial charge in [-0.1, -0.05) is 6.07 Å². The van der Waals surface area contributed by atoms with Crippen LogP contribution in [-0.2, 0) is 4.79 Å². The molecule has 2 heterocycles. The molecule has 0 aromatic heterocycles. The van der Waals surface area contributed by atoms with Crippen LogP contribution < -0.4 is 20.1 Å². The number of carbonyl (C=O) groups excluding carboxylic acids is 1. The first kappa shape index (κ1) is 12.3. The summed E-state index contributed by atoms with van der Waals surface area (Å²) >= 11 is 0. The van der Waals surface area contributed by atoms with Crippen molar-refractivity contribution in [1.82, 2.24) is 10.6 Å². The highest BCUT2D eigenvalue weighted by molar-refractivity contribution is 5.76. The number of benzene rings is 1. The average Bonchev–Trinajstić information content (AvgIpc) is 2.78. The molecular formula is C14H18N2O3. The zero-order valence-corrected chi connectivity index (χ0v) is 10.8. The Hall–Kier alpha value is -1.75. The van der Waals surface area contributed by atoms with Gasteiger partial charge in [0.05, 0.1) is 13.2 Å². The van der Waals surface area contributed by atoms with Gasteiger partial charge >= 0.3 is 0 Å².